The SMILES string of the molecule is CCCCCOc1ccc(-c2cc(-c3ccc(C(=O)N[C@H]4C[C@@H](O)[C@@H](O)NC(=O)[C@@H]5[C@@H](O)[C@@H](C)CN5C(=O)[C@H]([C@H](O)CC(N)=O)NC(=O)[C@@H]([C@H](O)[C@@H](O)c5ccc(O)c(OS(=O)(=O)O)c5)NC(=O)[C@H]5C[C@@H](O)CN5C(=O)[C@H]([C@@H](C)O)NC4=O)cc3)no2)cc1. The zero-order valence-electron chi connectivity index (χ0n) is 48.1. The van der Waals surface area contributed by atoms with E-state index in [1.807, 2.05) is 10.6 Å². The quantitative estimate of drug-likeness (QED) is 0.0334. The predicted molar refractivity (Wildman–Crippen MR) is 304 cm³/mol. The van der Waals surface area contributed by atoms with Crippen molar-refractivity contribution in [3.8, 4) is 39.8 Å². The fourth-order valence-corrected chi connectivity index (χ4v) is 10.7. The number of aromatic nitrogens is 1. The third kappa shape index (κ3) is 16.9. The molecule has 3 aliphatic heterocycles. The summed E-state index contributed by atoms with van der Waals surface area (Å²) in [4.78, 5) is 115. The normalized spacial score (nSPS) is 26.4. The number of aliphatic hydroxyl groups is 8. The zero-order valence-corrected chi connectivity index (χ0v) is 48.9. The first-order chi connectivity index (χ1) is 42.0. The van der Waals surface area contributed by atoms with Crippen LogP contribution in [0.1, 0.15) is 81.3 Å². The number of primary amides is 1. The number of fused-ring (bicyclic) bond motifs is 2. The Morgan fingerprint density at radius 2 is 1.43 bits per heavy atom. The highest BCUT2D eigenvalue weighted by atomic mass is 32.3. The first-order valence-electron chi connectivity index (χ1n) is 28.1. The van der Waals surface area contributed by atoms with Gasteiger partial charge in [-0.1, -0.05) is 50.0 Å². The van der Waals surface area contributed by atoms with Crippen LogP contribution in [0.2, 0.25) is 0 Å². The lowest BCUT2D eigenvalue weighted by atomic mass is 9.96. The van der Waals surface area contributed by atoms with Crippen molar-refractivity contribution < 1.29 is 111 Å². The van der Waals surface area contributed by atoms with Crippen molar-refractivity contribution in [2.75, 3.05) is 19.7 Å². The van der Waals surface area contributed by atoms with Crippen LogP contribution < -0.4 is 41.2 Å². The number of aliphatic hydroxyl groups excluding tert-OH is 8. The Bertz CT molecular complexity index is 3340. The predicted octanol–water partition coefficient (Wildman–Crippen LogP) is -3.90. The van der Waals surface area contributed by atoms with Crippen molar-refractivity contribution in [2.24, 2.45) is 11.7 Å². The van der Waals surface area contributed by atoms with Crippen molar-refractivity contribution in [3.63, 3.8) is 0 Å². The van der Waals surface area contributed by atoms with Crippen LogP contribution in [0.25, 0.3) is 22.6 Å². The number of hydrogen-bond acceptors (Lipinski definition) is 23. The van der Waals surface area contributed by atoms with Crippen LogP contribution in [-0.4, -0.2) is 220 Å². The van der Waals surface area contributed by atoms with Crippen LogP contribution in [0.3, 0.4) is 0 Å². The maximum atomic E-state index is 14.7. The van der Waals surface area contributed by atoms with Gasteiger partial charge in [-0.15, -0.1) is 0 Å². The lowest BCUT2D eigenvalue weighted by Gasteiger charge is -2.34. The number of nitrogens with zero attached hydrogens (tertiary/aromatic N) is 3. The summed E-state index contributed by atoms with van der Waals surface area (Å²) in [6.07, 6.45) is -17.3. The van der Waals surface area contributed by atoms with Crippen molar-refractivity contribution in [1.29, 1.82) is 0 Å². The third-order valence-electron chi connectivity index (χ3n) is 15.2. The Kier molecular flexibility index (Phi) is 22.4. The molecule has 32 nitrogen and oxygen atoms in total. The summed E-state index contributed by atoms with van der Waals surface area (Å²) < 4.78 is 48.1. The minimum absolute atomic E-state index is 0.107. The van der Waals surface area contributed by atoms with Gasteiger partial charge in [0, 0.05) is 54.6 Å². The van der Waals surface area contributed by atoms with E-state index in [2.05, 4.69) is 32.2 Å². The number of nitrogens with two attached hydrogens (primary N) is 1. The third-order valence-corrected chi connectivity index (χ3v) is 15.6. The molecule has 0 unspecified atom stereocenters. The van der Waals surface area contributed by atoms with Gasteiger partial charge in [0.05, 0.1) is 37.4 Å². The summed E-state index contributed by atoms with van der Waals surface area (Å²) in [6, 6.07) is 3.52. The Balaban J connectivity index is 1.22. The smallest absolute Gasteiger partial charge is 0.446 e. The number of benzene rings is 3. The highest BCUT2D eigenvalue weighted by Gasteiger charge is 2.51. The highest BCUT2D eigenvalue weighted by molar-refractivity contribution is 7.81. The summed E-state index contributed by atoms with van der Waals surface area (Å²) in [5, 5.41) is 116. The van der Waals surface area contributed by atoms with Gasteiger partial charge in [0.1, 0.15) is 66.0 Å². The van der Waals surface area contributed by atoms with Crippen LogP contribution in [0, 0.1) is 5.92 Å². The van der Waals surface area contributed by atoms with Crippen LogP contribution in [-0.2, 0) is 44.0 Å². The molecule has 4 heterocycles. The van der Waals surface area contributed by atoms with E-state index in [9.17, 15) is 97.3 Å². The molecule has 0 spiro atoms. The number of amides is 8. The lowest BCUT2D eigenvalue weighted by Crippen LogP contribution is -2.64. The van der Waals surface area contributed by atoms with Crippen molar-refractivity contribution in [1.82, 2.24) is 41.5 Å². The van der Waals surface area contributed by atoms with Gasteiger partial charge in [-0.2, -0.15) is 8.42 Å². The van der Waals surface area contributed by atoms with Gasteiger partial charge in [-0.3, -0.25) is 42.9 Å². The molecule has 17 N–H and O–H groups in total. The molecule has 0 aliphatic carbocycles. The molecule has 3 aliphatic rings. The molecule has 0 radical (unpaired) electrons. The van der Waals surface area contributed by atoms with E-state index in [-0.39, 0.29) is 5.56 Å². The molecular weight excluding hydrogens is 1200 g/mol. The van der Waals surface area contributed by atoms with Crippen molar-refractivity contribution in [2.45, 2.75) is 145 Å². The lowest BCUT2D eigenvalue weighted by molar-refractivity contribution is -0.149. The number of aromatic hydroxyl groups is 1. The second kappa shape index (κ2) is 29.3. The Morgan fingerprint density at radius 1 is 0.787 bits per heavy atom. The average Bonchev–Trinajstić information content (AvgIpc) is 2.76. The first-order valence-corrected chi connectivity index (χ1v) is 29.5. The summed E-state index contributed by atoms with van der Waals surface area (Å²) in [5.41, 5.74) is 6.17. The number of nitrogens with one attached hydrogen (secondary N) is 5. The minimum Gasteiger partial charge on any atom is -0.504 e. The monoisotopic (exact) mass is 1270 g/mol. The van der Waals surface area contributed by atoms with Gasteiger partial charge in [-0.25, -0.2) is 0 Å². The van der Waals surface area contributed by atoms with E-state index >= 15 is 0 Å². The van der Waals surface area contributed by atoms with Crippen LogP contribution in [0.5, 0.6) is 17.2 Å². The fourth-order valence-electron chi connectivity index (χ4n) is 10.3. The van der Waals surface area contributed by atoms with Gasteiger partial charge in [-0.05, 0) is 67.4 Å². The fraction of sp³-hybridized carbons (Fsp3) is 0.482. The molecular formula is C56H71N9O23S. The molecule has 484 valence electrons. The topological polar surface area (TPSA) is 510 Å². The van der Waals surface area contributed by atoms with Crippen molar-refractivity contribution in [3.05, 3.63) is 83.9 Å². The number of unbranched alkanes of at least 4 members (excludes halogenated alkanes) is 2. The molecule has 7 rings (SSSR count). The maximum Gasteiger partial charge on any atom is 0.446 e. The van der Waals surface area contributed by atoms with Gasteiger partial charge in [0.2, 0.25) is 41.4 Å². The average molecular weight is 1270 g/mol. The second-order valence-corrected chi connectivity index (χ2v) is 22.9. The van der Waals surface area contributed by atoms with E-state index < -0.39 is 198 Å². The molecule has 3 aromatic carbocycles. The Morgan fingerprint density at radius 3 is 2.07 bits per heavy atom. The Labute approximate surface area is 507 Å². The van der Waals surface area contributed by atoms with Crippen LogP contribution in [0.4, 0.5) is 0 Å². The highest BCUT2D eigenvalue weighted by Crippen LogP contribution is 2.34. The molecule has 0 saturated carbocycles. The van der Waals surface area contributed by atoms with E-state index in [4.69, 9.17) is 15.0 Å². The zero-order chi connectivity index (χ0) is 65.3. The minimum atomic E-state index is -5.35. The largest absolute Gasteiger partial charge is 0.504 e. The van der Waals surface area contributed by atoms with Crippen LogP contribution >= 0.6 is 0 Å². The summed E-state index contributed by atoms with van der Waals surface area (Å²) in [7, 11) is -5.35. The summed E-state index contributed by atoms with van der Waals surface area (Å²) in [6.45, 7) is 3.74. The number of ether oxygens (including phenoxy) is 1. The number of carbonyl (C=O) groups is 8. The number of hydrogen-bond donors (Lipinski definition) is 16. The first kappa shape index (κ1) is 68.1. The molecule has 0 bridgehead atoms. The number of carbonyl (C=O) groups excluding carboxylic acids is 8. The van der Waals surface area contributed by atoms with Crippen molar-refractivity contribution >= 4 is 57.7 Å². The van der Waals surface area contributed by atoms with E-state index in [0.29, 0.717) is 56.9 Å². The van der Waals surface area contributed by atoms with Gasteiger partial charge in [0.25, 0.3) is 5.91 Å². The van der Waals surface area contributed by atoms with Crippen LogP contribution in [0.15, 0.2) is 77.3 Å². The summed E-state index contributed by atoms with van der Waals surface area (Å²) >= 11 is 0. The molecule has 1 aromatic heterocycles. The van der Waals surface area contributed by atoms with E-state index in [0.717, 1.165) is 32.3 Å². The standard InChI is InChI=1S/C56H71N9O23S/c1-4-5-6-17-86-32-14-11-28(12-15-32)39-21-33(63-87-39)27-7-9-29(10-8-27)49(75)58-34-20-38(70)52(78)62-54(80)45-46(72)25(2)23-65(45)56(82)43(37(69)22-41(57)71)60-53(79)44(48(74)47(73)30-13-16-36(68)40(18-30)88-89(83,84)85)61-51(77)35-19-31(67)24-64(35)55(81)42(26(3)66)59-50(34)76/h7-16,18,21,25-26,31,34-35,37-38,42-48,52,66-70,72-74,78H,4-6,17,19-20,22-24H2,1-3H3,(H2,57,71)(H,58,75)(H,59,76)(H,60,79)(H,61,77)(H,62,80)(H,83,84,85)/t25-,26+,31+,34-,35+,37+,38+,42-,43-,44+,45-,46-,47-,48-,52+/m0/s1. The van der Waals surface area contributed by atoms with Gasteiger partial charge < -0.3 is 102 Å². The van der Waals surface area contributed by atoms with E-state index in [1.54, 1.807) is 30.3 Å². The Hall–Kier alpha value is -8.38. The van der Waals surface area contributed by atoms with Gasteiger partial charge in [0.15, 0.2) is 23.5 Å². The molecule has 8 amide bonds. The summed E-state index contributed by atoms with van der Waals surface area (Å²) in [5.74, 6) is -12.9. The van der Waals surface area contributed by atoms with E-state index in [1.165, 1.54) is 31.2 Å². The molecule has 3 fully saturated rings. The number of phenolic OH excluding ortho intramolecular Hbond substituents is 1. The molecule has 89 heavy (non-hydrogen) atoms. The number of phenols is 1. The molecule has 4 aromatic rings. The number of rotatable bonds is 18. The second-order valence-electron chi connectivity index (χ2n) is 21.9. The molecule has 33 heteroatoms. The maximum absolute atomic E-state index is 14.7. The van der Waals surface area contributed by atoms with Gasteiger partial charge >= 0.3 is 10.4 Å². The molecule has 3 saturated heterocycles. The molecule has 15 atom stereocenters.